The Hall–Kier alpha value is -2.23. The monoisotopic (exact) mass is 424 g/mol. The van der Waals surface area contributed by atoms with Crippen LogP contribution >= 0.6 is 0 Å². The van der Waals surface area contributed by atoms with Crippen molar-refractivity contribution in [3.05, 3.63) is 23.8 Å². The van der Waals surface area contributed by atoms with Crippen molar-refractivity contribution in [1.29, 1.82) is 0 Å². The van der Waals surface area contributed by atoms with Crippen LogP contribution in [0.4, 0.5) is 0 Å². The molecule has 0 aromatic carbocycles. The molecular formula is C21H28O9. The number of fused-ring (bicyclic) bond motifs is 3. The van der Waals surface area contributed by atoms with Crippen molar-refractivity contribution in [1.82, 2.24) is 0 Å². The molecule has 0 spiro atoms. The number of rotatable bonds is 4. The summed E-state index contributed by atoms with van der Waals surface area (Å²) in [6.07, 6.45) is -2.75. The van der Waals surface area contributed by atoms with Crippen LogP contribution in [0.15, 0.2) is 23.8 Å². The highest BCUT2D eigenvalue weighted by atomic mass is 17.1. The summed E-state index contributed by atoms with van der Waals surface area (Å²) in [5.74, 6) is -4.73. The van der Waals surface area contributed by atoms with Gasteiger partial charge in [-0.3, -0.25) is 14.8 Å². The first-order valence-electron chi connectivity index (χ1n) is 9.90. The largest absolute Gasteiger partial charge is 0.458 e. The van der Waals surface area contributed by atoms with Gasteiger partial charge < -0.3 is 19.3 Å². The molecule has 0 unspecified atom stereocenters. The van der Waals surface area contributed by atoms with Gasteiger partial charge in [0.1, 0.15) is 17.8 Å². The van der Waals surface area contributed by atoms with E-state index in [4.69, 9.17) is 14.2 Å². The van der Waals surface area contributed by atoms with E-state index in [0.29, 0.717) is 5.57 Å². The second kappa shape index (κ2) is 7.79. The number of esters is 3. The predicted octanol–water partition coefficient (Wildman–Crippen LogP) is 1.40. The number of hydrogen-bond donors (Lipinski definition) is 2. The molecule has 1 saturated heterocycles. The van der Waals surface area contributed by atoms with E-state index in [1.54, 1.807) is 26.8 Å². The molecule has 1 heterocycles. The third-order valence-corrected chi connectivity index (χ3v) is 6.35. The Kier molecular flexibility index (Phi) is 5.83. The molecule has 0 amide bonds. The summed E-state index contributed by atoms with van der Waals surface area (Å²) >= 11 is 0. The molecule has 1 saturated carbocycles. The molecule has 0 radical (unpaired) electrons. The van der Waals surface area contributed by atoms with Crippen LogP contribution in [0.3, 0.4) is 0 Å². The zero-order chi connectivity index (χ0) is 22.5. The Balaban J connectivity index is 2.20. The molecule has 2 N–H and O–H groups in total. The molecular weight excluding hydrogens is 396 g/mol. The first kappa shape index (κ1) is 22.5. The van der Waals surface area contributed by atoms with E-state index in [1.807, 2.05) is 0 Å². The van der Waals surface area contributed by atoms with Crippen LogP contribution in [0.25, 0.3) is 0 Å². The average Bonchev–Trinajstić information content (AvgIpc) is 3.11. The molecule has 30 heavy (non-hydrogen) atoms. The highest BCUT2D eigenvalue weighted by molar-refractivity contribution is 5.91. The smallest absolute Gasteiger partial charge is 0.334 e. The van der Waals surface area contributed by atoms with Crippen LogP contribution in [-0.4, -0.2) is 58.3 Å². The lowest BCUT2D eigenvalue weighted by molar-refractivity contribution is -0.295. The zero-order valence-corrected chi connectivity index (χ0v) is 17.7. The summed E-state index contributed by atoms with van der Waals surface area (Å²) in [5.41, 5.74) is -1.03. The molecule has 0 aromatic heterocycles. The SMILES string of the molecule is C=C1C(=O)O[C@H]2[C@H]1[C@@H](OC(=O)C(C)C)[C@@H](OC(C)=O)[C@@](C)(O)[C@H]1[C@@H]2C(C)=C[C@@H]1OO. The quantitative estimate of drug-likeness (QED) is 0.172. The summed E-state index contributed by atoms with van der Waals surface area (Å²) < 4.78 is 16.8. The van der Waals surface area contributed by atoms with Crippen molar-refractivity contribution < 1.29 is 43.8 Å². The first-order chi connectivity index (χ1) is 13.9. The maximum Gasteiger partial charge on any atom is 0.334 e. The fourth-order valence-electron chi connectivity index (χ4n) is 4.99. The first-order valence-corrected chi connectivity index (χ1v) is 9.90. The molecule has 1 aliphatic heterocycles. The summed E-state index contributed by atoms with van der Waals surface area (Å²) in [7, 11) is 0. The molecule has 0 bridgehead atoms. The van der Waals surface area contributed by atoms with Gasteiger partial charge in [-0.05, 0) is 13.8 Å². The Morgan fingerprint density at radius 3 is 2.43 bits per heavy atom. The minimum absolute atomic E-state index is 0.0660. The van der Waals surface area contributed by atoms with Gasteiger partial charge in [-0.1, -0.05) is 32.1 Å². The van der Waals surface area contributed by atoms with E-state index >= 15 is 0 Å². The van der Waals surface area contributed by atoms with Gasteiger partial charge in [-0.15, -0.1) is 0 Å². The van der Waals surface area contributed by atoms with E-state index in [1.165, 1.54) is 13.8 Å². The molecule has 3 aliphatic rings. The van der Waals surface area contributed by atoms with Crippen molar-refractivity contribution >= 4 is 17.9 Å². The van der Waals surface area contributed by atoms with Crippen molar-refractivity contribution in [2.75, 3.05) is 0 Å². The van der Waals surface area contributed by atoms with Crippen molar-refractivity contribution in [3.8, 4) is 0 Å². The molecule has 2 aliphatic carbocycles. The van der Waals surface area contributed by atoms with Crippen LogP contribution in [0.5, 0.6) is 0 Å². The lowest BCUT2D eigenvalue weighted by Crippen LogP contribution is -2.57. The maximum atomic E-state index is 12.5. The topological polar surface area (TPSA) is 129 Å². The number of carbonyl (C=O) groups excluding carboxylic acids is 3. The average molecular weight is 424 g/mol. The Morgan fingerprint density at radius 1 is 1.27 bits per heavy atom. The van der Waals surface area contributed by atoms with Crippen LogP contribution in [-0.2, 0) is 33.5 Å². The fraction of sp³-hybridized carbons (Fsp3) is 0.667. The molecule has 166 valence electrons. The summed E-state index contributed by atoms with van der Waals surface area (Å²) in [4.78, 5) is 41.5. The fourth-order valence-corrected chi connectivity index (χ4v) is 4.99. The van der Waals surface area contributed by atoms with Crippen LogP contribution in [0.1, 0.15) is 34.6 Å². The highest BCUT2D eigenvalue weighted by Gasteiger charge is 2.66. The van der Waals surface area contributed by atoms with Crippen molar-refractivity contribution in [3.63, 3.8) is 0 Å². The van der Waals surface area contributed by atoms with Gasteiger partial charge in [0, 0.05) is 24.3 Å². The van der Waals surface area contributed by atoms with E-state index in [9.17, 15) is 24.7 Å². The highest BCUT2D eigenvalue weighted by Crippen LogP contribution is 2.54. The molecule has 3 rings (SSSR count). The van der Waals surface area contributed by atoms with Crippen LogP contribution in [0, 0.1) is 23.7 Å². The molecule has 0 aromatic rings. The molecule has 9 nitrogen and oxygen atoms in total. The lowest BCUT2D eigenvalue weighted by atomic mass is 9.74. The molecule has 9 heteroatoms. The van der Waals surface area contributed by atoms with Gasteiger partial charge >= 0.3 is 17.9 Å². The minimum Gasteiger partial charge on any atom is -0.458 e. The van der Waals surface area contributed by atoms with Crippen molar-refractivity contribution in [2.24, 2.45) is 23.7 Å². The van der Waals surface area contributed by atoms with E-state index in [0.717, 1.165) is 0 Å². The van der Waals surface area contributed by atoms with E-state index in [-0.39, 0.29) is 5.57 Å². The predicted molar refractivity (Wildman–Crippen MR) is 102 cm³/mol. The Morgan fingerprint density at radius 2 is 1.90 bits per heavy atom. The van der Waals surface area contributed by atoms with Crippen molar-refractivity contribution in [2.45, 2.75) is 64.6 Å². The standard InChI is InChI=1S/C21H28O9/c1-8(2)19(23)29-17-14-10(4)20(24)28-16(14)13-9(3)7-12(30-26)15(13)21(6,25)18(17)27-11(5)22/h7-8,12-18,25-26H,4H2,1-3,5-6H3/t12-,13-,14-,15+,16+,17+,18+,21-/m0/s1. The minimum atomic E-state index is -1.81. The van der Waals surface area contributed by atoms with Gasteiger partial charge in [-0.2, -0.15) is 0 Å². The number of aliphatic hydroxyl groups is 1. The molecule has 2 fully saturated rings. The number of carbonyl (C=O) groups is 3. The van der Waals surface area contributed by atoms with Gasteiger partial charge in [0.05, 0.1) is 11.8 Å². The third kappa shape index (κ3) is 3.44. The van der Waals surface area contributed by atoms with Crippen LogP contribution < -0.4 is 0 Å². The second-order valence-corrected chi connectivity index (χ2v) is 8.77. The number of ether oxygens (including phenoxy) is 3. The van der Waals surface area contributed by atoms with E-state index < -0.39 is 71.6 Å². The second-order valence-electron chi connectivity index (χ2n) is 8.77. The van der Waals surface area contributed by atoms with Gasteiger partial charge in [0.25, 0.3) is 0 Å². The summed E-state index contributed by atoms with van der Waals surface area (Å²) in [6, 6.07) is 0. The Labute approximate surface area is 174 Å². The van der Waals surface area contributed by atoms with E-state index in [2.05, 4.69) is 11.5 Å². The summed E-state index contributed by atoms with van der Waals surface area (Å²) in [6.45, 7) is 11.4. The third-order valence-electron chi connectivity index (χ3n) is 6.35. The van der Waals surface area contributed by atoms with Gasteiger partial charge in [0.15, 0.2) is 12.2 Å². The maximum absolute atomic E-state index is 12.5. The number of hydrogen-bond acceptors (Lipinski definition) is 9. The zero-order valence-electron chi connectivity index (χ0n) is 17.7. The van der Waals surface area contributed by atoms with Crippen LogP contribution in [0.2, 0.25) is 0 Å². The summed E-state index contributed by atoms with van der Waals surface area (Å²) in [5, 5.41) is 21.1. The normalized spacial score (nSPS) is 40.3. The Bertz CT molecular complexity index is 796. The lowest BCUT2D eigenvalue weighted by Gasteiger charge is -2.41. The van der Waals surface area contributed by atoms with Gasteiger partial charge in [-0.25, -0.2) is 9.68 Å². The molecule has 8 atom stereocenters. The van der Waals surface area contributed by atoms with Gasteiger partial charge in [0.2, 0.25) is 0 Å².